The molecule has 0 aliphatic rings. The zero-order valence-electron chi connectivity index (χ0n) is 9.04. The molecule has 17 heavy (non-hydrogen) atoms. The average Bonchev–Trinajstić information content (AvgIpc) is 2.85. The second-order valence-corrected chi connectivity index (χ2v) is 3.68. The zero-order valence-corrected chi connectivity index (χ0v) is 9.04. The van der Waals surface area contributed by atoms with Crippen molar-refractivity contribution in [3.8, 4) is 0 Å². The second-order valence-electron chi connectivity index (χ2n) is 3.68. The Morgan fingerprint density at radius 3 is 2.65 bits per heavy atom. The lowest BCUT2D eigenvalue weighted by molar-refractivity contribution is 0.954. The standard InChI is InChI=1S/C13H10N4/c1-2-4-10(5-3-1)6-7-11-8-12-13(14-9-11)16-17-15-12/h1-9H,(H,14,15,16,17). The van der Waals surface area contributed by atoms with Crippen molar-refractivity contribution in [1.82, 2.24) is 20.4 Å². The maximum atomic E-state index is 4.20. The maximum Gasteiger partial charge on any atom is 0.201 e. The highest BCUT2D eigenvalue weighted by Gasteiger charge is 1.98. The lowest BCUT2D eigenvalue weighted by atomic mass is 10.2. The summed E-state index contributed by atoms with van der Waals surface area (Å²) in [7, 11) is 0. The molecule has 1 aromatic carbocycles. The minimum absolute atomic E-state index is 0.641. The van der Waals surface area contributed by atoms with Gasteiger partial charge in [-0.15, -0.1) is 5.10 Å². The molecule has 2 aromatic heterocycles. The molecule has 2 heterocycles. The number of aromatic amines is 1. The van der Waals surface area contributed by atoms with Gasteiger partial charge in [0.1, 0.15) is 5.52 Å². The van der Waals surface area contributed by atoms with Crippen LogP contribution in [0.25, 0.3) is 23.3 Å². The van der Waals surface area contributed by atoms with E-state index in [2.05, 4.69) is 32.5 Å². The van der Waals surface area contributed by atoms with E-state index in [1.54, 1.807) is 6.20 Å². The number of pyridine rings is 1. The molecule has 0 spiro atoms. The highest BCUT2D eigenvalue weighted by Crippen LogP contribution is 2.11. The van der Waals surface area contributed by atoms with Gasteiger partial charge in [-0.1, -0.05) is 42.5 Å². The Morgan fingerprint density at radius 1 is 0.941 bits per heavy atom. The molecule has 3 aromatic rings. The van der Waals surface area contributed by atoms with Gasteiger partial charge in [0.15, 0.2) is 0 Å². The SMILES string of the molecule is C(=Cc1cnc2n[nH]nc2c1)c1ccccc1. The first-order chi connectivity index (χ1) is 8.42. The van der Waals surface area contributed by atoms with Gasteiger partial charge in [-0.2, -0.15) is 10.3 Å². The molecule has 0 atom stereocenters. The monoisotopic (exact) mass is 222 g/mol. The van der Waals surface area contributed by atoms with Crippen molar-refractivity contribution in [2.75, 3.05) is 0 Å². The van der Waals surface area contributed by atoms with Crippen molar-refractivity contribution in [1.29, 1.82) is 0 Å². The van der Waals surface area contributed by atoms with E-state index < -0.39 is 0 Å². The fourth-order valence-corrected chi connectivity index (χ4v) is 1.60. The third-order valence-electron chi connectivity index (χ3n) is 2.46. The lowest BCUT2D eigenvalue weighted by Gasteiger charge is -1.93. The molecule has 0 unspecified atom stereocenters. The highest BCUT2D eigenvalue weighted by atomic mass is 15.3. The quantitative estimate of drug-likeness (QED) is 0.724. The summed E-state index contributed by atoms with van der Waals surface area (Å²) in [6, 6.07) is 12.1. The highest BCUT2D eigenvalue weighted by molar-refractivity contribution is 5.76. The third kappa shape index (κ3) is 2.06. The van der Waals surface area contributed by atoms with Crippen LogP contribution in [0, 0.1) is 0 Å². The van der Waals surface area contributed by atoms with Gasteiger partial charge in [-0.25, -0.2) is 4.98 Å². The van der Waals surface area contributed by atoms with Gasteiger partial charge < -0.3 is 0 Å². The van der Waals surface area contributed by atoms with Crippen molar-refractivity contribution in [2.45, 2.75) is 0 Å². The van der Waals surface area contributed by atoms with Gasteiger partial charge in [0, 0.05) is 6.20 Å². The van der Waals surface area contributed by atoms with E-state index in [1.165, 1.54) is 0 Å². The molecule has 3 rings (SSSR count). The van der Waals surface area contributed by atoms with E-state index in [-0.39, 0.29) is 0 Å². The van der Waals surface area contributed by atoms with Crippen LogP contribution < -0.4 is 0 Å². The Labute approximate surface area is 98.0 Å². The number of benzene rings is 1. The van der Waals surface area contributed by atoms with Crippen LogP contribution in [-0.4, -0.2) is 20.4 Å². The topological polar surface area (TPSA) is 54.5 Å². The summed E-state index contributed by atoms with van der Waals surface area (Å²) in [5.74, 6) is 0. The fourth-order valence-electron chi connectivity index (χ4n) is 1.60. The van der Waals surface area contributed by atoms with Crippen LogP contribution in [0.2, 0.25) is 0 Å². The van der Waals surface area contributed by atoms with Crippen molar-refractivity contribution in [3.63, 3.8) is 0 Å². The Kier molecular flexibility index (Phi) is 2.38. The van der Waals surface area contributed by atoms with Gasteiger partial charge in [0.25, 0.3) is 0 Å². The average molecular weight is 222 g/mol. The maximum absolute atomic E-state index is 4.20. The number of fused-ring (bicyclic) bond motifs is 1. The van der Waals surface area contributed by atoms with Crippen LogP contribution in [0.15, 0.2) is 42.6 Å². The number of nitrogens with zero attached hydrogens (tertiary/aromatic N) is 3. The first-order valence-electron chi connectivity index (χ1n) is 5.31. The Morgan fingerprint density at radius 2 is 1.76 bits per heavy atom. The molecule has 0 fully saturated rings. The molecule has 82 valence electrons. The van der Waals surface area contributed by atoms with Crippen molar-refractivity contribution < 1.29 is 0 Å². The summed E-state index contributed by atoms with van der Waals surface area (Å²) in [4.78, 5) is 4.20. The van der Waals surface area contributed by atoms with Gasteiger partial charge in [-0.3, -0.25) is 0 Å². The molecule has 4 heteroatoms. The smallest absolute Gasteiger partial charge is 0.201 e. The minimum atomic E-state index is 0.641. The summed E-state index contributed by atoms with van der Waals surface area (Å²) in [5, 5.41) is 10.5. The summed E-state index contributed by atoms with van der Waals surface area (Å²) < 4.78 is 0. The lowest BCUT2D eigenvalue weighted by Crippen LogP contribution is -1.79. The zero-order chi connectivity index (χ0) is 11.5. The van der Waals surface area contributed by atoms with Crippen molar-refractivity contribution in [2.24, 2.45) is 0 Å². The number of hydrogen-bond acceptors (Lipinski definition) is 3. The summed E-state index contributed by atoms with van der Waals surface area (Å²) in [5.41, 5.74) is 3.59. The molecular weight excluding hydrogens is 212 g/mol. The van der Waals surface area contributed by atoms with Gasteiger partial charge in [-0.05, 0) is 17.2 Å². The Hall–Kier alpha value is -2.49. The number of rotatable bonds is 2. The van der Waals surface area contributed by atoms with Crippen LogP contribution in [0.4, 0.5) is 0 Å². The first-order valence-corrected chi connectivity index (χ1v) is 5.31. The van der Waals surface area contributed by atoms with E-state index in [0.29, 0.717) is 5.65 Å². The van der Waals surface area contributed by atoms with Crippen molar-refractivity contribution in [3.05, 3.63) is 53.7 Å². The molecule has 0 saturated carbocycles. The predicted octanol–water partition coefficient (Wildman–Crippen LogP) is 2.52. The van der Waals surface area contributed by atoms with E-state index in [1.807, 2.05) is 36.4 Å². The summed E-state index contributed by atoms with van der Waals surface area (Å²) in [6.45, 7) is 0. The predicted molar refractivity (Wildman–Crippen MR) is 67.1 cm³/mol. The number of hydrogen-bond donors (Lipinski definition) is 1. The van der Waals surface area contributed by atoms with Gasteiger partial charge in [0.05, 0.1) is 0 Å². The Balaban J connectivity index is 1.92. The van der Waals surface area contributed by atoms with E-state index in [0.717, 1.165) is 16.6 Å². The Bertz CT molecular complexity index is 655. The summed E-state index contributed by atoms with van der Waals surface area (Å²) in [6.07, 6.45) is 5.84. The second kappa shape index (κ2) is 4.17. The fraction of sp³-hybridized carbons (Fsp3) is 0. The molecule has 0 aliphatic carbocycles. The van der Waals surface area contributed by atoms with Crippen LogP contribution >= 0.6 is 0 Å². The van der Waals surface area contributed by atoms with E-state index >= 15 is 0 Å². The molecule has 0 bridgehead atoms. The van der Waals surface area contributed by atoms with Crippen LogP contribution in [-0.2, 0) is 0 Å². The molecule has 0 amide bonds. The van der Waals surface area contributed by atoms with Crippen LogP contribution in [0.3, 0.4) is 0 Å². The first kappa shape index (κ1) is 9.72. The number of aromatic nitrogens is 4. The molecule has 0 radical (unpaired) electrons. The van der Waals surface area contributed by atoms with E-state index in [9.17, 15) is 0 Å². The van der Waals surface area contributed by atoms with Crippen LogP contribution in [0.1, 0.15) is 11.1 Å². The number of nitrogens with one attached hydrogen (secondary N) is 1. The molecule has 4 nitrogen and oxygen atoms in total. The molecular formula is C13H10N4. The largest absolute Gasteiger partial charge is 0.233 e. The number of H-pyrrole nitrogens is 1. The normalized spacial score (nSPS) is 11.3. The minimum Gasteiger partial charge on any atom is -0.233 e. The third-order valence-corrected chi connectivity index (χ3v) is 2.46. The van der Waals surface area contributed by atoms with Gasteiger partial charge in [0.2, 0.25) is 5.65 Å². The van der Waals surface area contributed by atoms with Crippen LogP contribution in [0.5, 0.6) is 0 Å². The summed E-state index contributed by atoms with van der Waals surface area (Å²) >= 11 is 0. The molecule has 0 saturated heterocycles. The molecule has 0 aliphatic heterocycles. The van der Waals surface area contributed by atoms with E-state index in [4.69, 9.17) is 0 Å². The van der Waals surface area contributed by atoms with Crippen molar-refractivity contribution >= 4 is 23.3 Å². The van der Waals surface area contributed by atoms with Gasteiger partial charge >= 0.3 is 0 Å². The molecule has 1 N–H and O–H groups in total.